The summed E-state index contributed by atoms with van der Waals surface area (Å²) in [7, 11) is -4.26. The zero-order chi connectivity index (χ0) is 23.8. The Labute approximate surface area is 192 Å². The maximum Gasteiger partial charge on any atom is 0.263 e. The van der Waals surface area contributed by atoms with Crippen molar-refractivity contribution >= 4 is 49.8 Å². The van der Waals surface area contributed by atoms with Gasteiger partial charge >= 0.3 is 0 Å². The zero-order valence-electron chi connectivity index (χ0n) is 17.1. The van der Waals surface area contributed by atoms with Crippen molar-refractivity contribution in [1.29, 1.82) is 0 Å². The second-order valence-corrected chi connectivity index (χ2v) is 9.67. The largest absolute Gasteiger partial charge is 0.395 e. The van der Waals surface area contributed by atoms with Crippen LogP contribution in [0.5, 0.6) is 0 Å². The number of aromatic amines is 1. The molecular weight excluding hydrogens is 480 g/mol. The summed E-state index contributed by atoms with van der Waals surface area (Å²) in [6.07, 6.45) is -1.33. The monoisotopic (exact) mass is 499 g/mol. The SMILES string of the molecule is O=C(Nc1ccc(NCCO)c(Cl)c1)[C@@H]1CCN1S(=O)(=O)c1cc(C(F)F)cc2cn[nH]c12. The minimum atomic E-state index is -4.26. The van der Waals surface area contributed by atoms with E-state index in [-0.39, 0.29) is 35.4 Å². The first kappa shape index (κ1) is 23.4. The fourth-order valence-corrected chi connectivity index (χ4v) is 5.66. The van der Waals surface area contributed by atoms with E-state index in [9.17, 15) is 22.0 Å². The molecule has 0 radical (unpaired) electrons. The van der Waals surface area contributed by atoms with E-state index in [1.807, 2.05) is 0 Å². The van der Waals surface area contributed by atoms with Crippen LogP contribution in [-0.2, 0) is 14.8 Å². The Hall–Kier alpha value is -2.80. The number of nitrogens with zero attached hydrogens (tertiary/aromatic N) is 2. The molecule has 4 rings (SSSR count). The molecule has 4 N–H and O–H groups in total. The summed E-state index contributed by atoms with van der Waals surface area (Å²) in [5.41, 5.74) is 0.579. The van der Waals surface area contributed by atoms with Crippen LogP contribution in [0.1, 0.15) is 18.4 Å². The molecule has 0 bridgehead atoms. The summed E-state index contributed by atoms with van der Waals surface area (Å²) in [6, 6.07) is 5.78. The summed E-state index contributed by atoms with van der Waals surface area (Å²) in [5, 5.41) is 21.3. The van der Waals surface area contributed by atoms with Crippen molar-refractivity contribution < 1.29 is 27.1 Å². The van der Waals surface area contributed by atoms with Gasteiger partial charge in [0.25, 0.3) is 6.43 Å². The maximum atomic E-state index is 13.3. The molecule has 2 aromatic carbocycles. The van der Waals surface area contributed by atoms with E-state index in [2.05, 4.69) is 20.8 Å². The molecule has 0 aliphatic carbocycles. The van der Waals surface area contributed by atoms with Gasteiger partial charge in [0.05, 0.1) is 29.0 Å². The highest BCUT2D eigenvalue weighted by atomic mass is 35.5. The van der Waals surface area contributed by atoms with E-state index in [0.29, 0.717) is 22.9 Å². The maximum absolute atomic E-state index is 13.3. The normalized spacial score (nSPS) is 16.7. The number of nitrogens with one attached hydrogen (secondary N) is 3. The Kier molecular flexibility index (Phi) is 6.52. The summed E-state index contributed by atoms with van der Waals surface area (Å²) < 4.78 is 54.1. The van der Waals surface area contributed by atoms with E-state index in [1.54, 1.807) is 12.1 Å². The molecule has 1 fully saturated rings. The van der Waals surface area contributed by atoms with Gasteiger partial charge in [-0.05, 0) is 36.8 Å². The molecule has 1 amide bonds. The number of aromatic nitrogens is 2. The molecule has 1 saturated heterocycles. The number of carbonyl (C=O) groups is 1. The highest BCUT2D eigenvalue weighted by Gasteiger charge is 2.43. The molecular formula is C20H20ClF2N5O4S. The van der Waals surface area contributed by atoms with Crippen LogP contribution in [0.3, 0.4) is 0 Å². The number of hydrogen-bond acceptors (Lipinski definition) is 6. The lowest BCUT2D eigenvalue weighted by molar-refractivity contribution is -0.122. The van der Waals surface area contributed by atoms with Crippen molar-refractivity contribution in [3.8, 4) is 0 Å². The Bertz CT molecular complexity index is 1300. The van der Waals surface area contributed by atoms with Crippen LogP contribution in [0.2, 0.25) is 5.02 Å². The Balaban J connectivity index is 1.56. The summed E-state index contributed by atoms with van der Waals surface area (Å²) in [4.78, 5) is 12.4. The number of alkyl halides is 2. The minimum Gasteiger partial charge on any atom is -0.395 e. The lowest BCUT2D eigenvalue weighted by Crippen LogP contribution is -2.56. The minimum absolute atomic E-state index is 0.0692. The molecule has 13 heteroatoms. The van der Waals surface area contributed by atoms with Gasteiger partial charge in [-0.15, -0.1) is 0 Å². The fraction of sp³-hybridized carbons (Fsp3) is 0.300. The van der Waals surface area contributed by atoms with Gasteiger partial charge in [0, 0.05) is 29.7 Å². The Morgan fingerprint density at radius 3 is 2.76 bits per heavy atom. The molecule has 0 saturated carbocycles. The second kappa shape index (κ2) is 9.21. The number of hydrogen-bond donors (Lipinski definition) is 4. The standard InChI is InChI=1S/C20H20ClF2N5O4S/c21-14-9-13(1-2-15(14)24-4-6-29)26-20(30)16-3-5-28(16)33(31,32)17-8-11(19(22)23)7-12-10-25-27-18(12)17/h1-2,7-10,16,19,24,29H,3-6H2,(H,25,27)(H,26,30)/t16-/m0/s1. The highest BCUT2D eigenvalue weighted by molar-refractivity contribution is 7.89. The zero-order valence-corrected chi connectivity index (χ0v) is 18.6. The predicted octanol–water partition coefficient (Wildman–Crippen LogP) is 2.96. The van der Waals surface area contributed by atoms with Gasteiger partial charge in [-0.2, -0.15) is 9.40 Å². The second-order valence-electron chi connectivity index (χ2n) is 7.41. The van der Waals surface area contributed by atoms with Gasteiger partial charge in [0.15, 0.2) is 0 Å². The van der Waals surface area contributed by atoms with E-state index in [0.717, 1.165) is 10.4 Å². The van der Waals surface area contributed by atoms with Crippen molar-refractivity contribution in [1.82, 2.24) is 14.5 Å². The highest BCUT2D eigenvalue weighted by Crippen LogP contribution is 2.34. The van der Waals surface area contributed by atoms with Gasteiger partial charge in [-0.25, -0.2) is 17.2 Å². The van der Waals surface area contributed by atoms with Crippen molar-refractivity contribution in [3.05, 3.63) is 47.1 Å². The molecule has 176 valence electrons. The molecule has 0 spiro atoms. The third-order valence-corrected chi connectivity index (χ3v) is 7.56. The lowest BCUT2D eigenvalue weighted by atomic mass is 10.1. The molecule has 0 unspecified atom stereocenters. The first-order valence-corrected chi connectivity index (χ1v) is 11.8. The molecule has 33 heavy (non-hydrogen) atoms. The average molecular weight is 500 g/mol. The van der Waals surface area contributed by atoms with Crippen LogP contribution in [-0.4, -0.2) is 59.7 Å². The lowest BCUT2D eigenvalue weighted by Gasteiger charge is -2.38. The summed E-state index contributed by atoms with van der Waals surface area (Å²) >= 11 is 6.17. The van der Waals surface area contributed by atoms with Gasteiger partial charge < -0.3 is 15.7 Å². The molecule has 1 atom stereocenters. The molecule has 1 aliphatic heterocycles. The number of sulfonamides is 1. The third kappa shape index (κ3) is 4.51. The number of aliphatic hydroxyl groups is 1. The third-order valence-electron chi connectivity index (χ3n) is 5.31. The van der Waals surface area contributed by atoms with Gasteiger partial charge in [-0.1, -0.05) is 11.6 Å². The quantitative estimate of drug-likeness (QED) is 0.377. The van der Waals surface area contributed by atoms with Gasteiger partial charge in [0.2, 0.25) is 15.9 Å². The van der Waals surface area contributed by atoms with Crippen LogP contribution >= 0.6 is 11.6 Å². The summed E-state index contributed by atoms with van der Waals surface area (Å²) in [5.74, 6) is -0.567. The number of amides is 1. The van der Waals surface area contributed by atoms with E-state index >= 15 is 0 Å². The van der Waals surface area contributed by atoms with Crippen LogP contribution in [0.15, 0.2) is 41.4 Å². The smallest absolute Gasteiger partial charge is 0.263 e. The Morgan fingerprint density at radius 2 is 2.12 bits per heavy atom. The topological polar surface area (TPSA) is 127 Å². The van der Waals surface area contributed by atoms with Crippen LogP contribution in [0.4, 0.5) is 20.2 Å². The number of fused-ring (bicyclic) bond motifs is 1. The number of halogens is 3. The van der Waals surface area contributed by atoms with Crippen LogP contribution in [0, 0.1) is 0 Å². The first-order valence-electron chi connectivity index (χ1n) is 9.94. The number of benzene rings is 2. The molecule has 2 heterocycles. The van der Waals surface area contributed by atoms with Gasteiger partial charge in [-0.3, -0.25) is 9.89 Å². The van der Waals surface area contributed by atoms with Crippen molar-refractivity contribution in [2.24, 2.45) is 0 Å². The van der Waals surface area contributed by atoms with Gasteiger partial charge in [0.1, 0.15) is 10.9 Å². The molecule has 1 aliphatic rings. The summed E-state index contributed by atoms with van der Waals surface area (Å²) in [6.45, 7) is 0.294. The Morgan fingerprint density at radius 1 is 1.33 bits per heavy atom. The van der Waals surface area contributed by atoms with E-state index in [1.165, 1.54) is 18.3 Å². The number of rotatable bonds is 8. The van der Waals surface area contributed by atoms with Crippen molar-refractivity contribution in [2.45, 2.75) is 23.8 Å². The average Bonchev–Trinajstić information content (AvgIpc) is 3.19. The molecule has 3 aromatic rings. The van der Waals surface area contributed by atoms with Crippen molar-refractivity contribution in [3.63, 3.8) is 0 Å². The van der Waals surface area contributed by atoms with E-state index in [4.69, 9.17) is 16.7 Å². The number of aliphatic hydroxyl groups excluding tert-OH is 1. The van der Waals surface area contributed by atoms with Crippen molar-refractivity contribution in [2.75, 3.05) is 30.3 Å². The first-order chi connectivity index (χ1) is 15.7. The van der Waals surface area contributed by atoms with Crippen LogP contribution < -0.4 is 10.6 Å². The van der Waals surface area contributed by atoms with E-state index < -0.39 is 34.0 Å². The van der Waals surface area contributed by atoms with Crippen LogP contribution in [0.25, 0.3) is 10.9 Å². The number of carbonyl (C=O) groups excluding carboxylic acids is 1. The molecule has 9 nitrogen and oxygen atoms in total. The number of H-pyrrole nitrogens is 1. The fourth-order valence-electron chi connectivity index (χ4n) is 3.57. The molecule has 1 aromatic heterocycles. The predicted molar refractivity (Wildman–Crippen MR) is 119 cm³/mol. The number of anilines is 2.